The Labute approximate surface area is 150 Å². The van der Waals surface area contributed by atoms with Crippen LogP contribution in [-0.2, 0) is 4.74 Å². The fourth-order valence-electron chi connectivity index (χ4n) is 2.48. The van der Waals surface area contributed by atoms with Crippen LogP contribution >= 0.6 is 0 Å². The highest BCUT2D eigenvalue weighted by molar-refractivity contribution is 5.90. The number of aryl methyl sites for hydroxylation is 2. The molecule has 2 heterocycles. The van der Waals surface area contributed by atoms with E-state index in [0.717, 1.165) is 22.3 Å². The average Bonchev–Trinajstić information content (AvgIpc) is 2.62. The van der Waals surface area contributed by atoms with E-state index >= 15 is 0 Å². The third-order valence-electron chi connectivity index (χ3n) is 3.79. The lowest BCUT2D eigenvalue weighted by molar-refractivity contribution is 0.0524. The van der Waals surface area contributed by atoms with Gasteiger partial charge >= 0.3 is 5.97 Å². The molecule has 0 saturated carbocycles. The van der Waals surface area contributed by atoms with Gasteiger partial charge in [0.05, 0.1) is 36.2 Å². The van der Waals surface area contributed by atoms with Crippen molar-refractivity contribution in [1.29, 1.82) is 0 Å². The summed E-state index contributed by atoms with van der Waals surface area (Å²) in [5.74, 6) is 0.994. The number of ether oxygens (including phenoxy) is 2. The van der Waals surface area contributed by atoms with Gasteiger partial charge in [0.15, 0.2) is 0 Å². The smallest absolute Gasteiger partial charge is 0.341 e. The van der Waals surface area contributed by atoms with Gasteiger partial charge in [-0.3, -0.25) is 5.32 Å². The first-order chi connectivity index (χ1) is 12.5. The Kier molecular flexibility index (Phi) is 4.92. The zero-order valence-corrected chi connectivity index (χ0v) is 15.0. The maximum absolute atomic E-state index is 11.8. The van der Waals surface area contributed by atoms with Gasteiger partial charge in [-0.25, -0.2) is 24.7 Å². The van der Waals surface area contributed by atoms with Crippen LogP contribution in [-0.4, -0.2) is 39.6 Å². The minimum Gasteiger partial charge on any atom is -0.497 e. The zero-order valence-electron chi connectivity index (χ0n) is 15.0. The van der Waals surface area contributed by atoms with Crippen LogP contribution in [0.4, 0.5) is 11.9 Å². The molecule has 8 heteroatoms. The van der Waals surface area contributed by atoms with Crippen molar-refractivity contribution in [3.8, 4) is 5.75 Å². The third kappa shape index (κ3) is 3.53. The minimum atomic E-state index is -0.441. The van der Waals surface area contributed by atoms with E-state index in [9.17, 15) is 4.79 Å². The van der Waals surface area contributed by atoms with Gasteiger partial charge in [-0.05, 0) is 39.0 Å². The molecule has 0 aliphatic heterocycles. The molecule has 0 aliphatic rings. The van der Waals surface area contributed by atoms with Crippen molar-refractivity contribution in [3.05, 3.63) is 41.3 Å². The second-order valence-corrected chi connectivity index (χ2v) is 5.55. The lowest BCUT2D eigenvalue weighted by Gasteiger charge is -2.09. The maximum atomic E-state index is 11.8. The van der Waals surface area contributed by atoms with Crippen LogP contribution in [0.1, 0.15) is 28.7 Å². The van der Waals surface area contributed by atoms with Gasteiger partial charge < -0.3 is 9.47 Å². The number of aromatic nitrogens is 4. The van der Waals surface area contributed by atoms with Crippen LogP contribution in [0.3, 0.4) is 0 Å². The minimum absolute atomic E-state index is 0.299. The fraction of sp³-hybridized carbons (Fsp3) is 0.278. The number of hydrogen-bond acceptors (Lipinski definition) is 8. The number of benzene rings is 1. The summed E-state index contributed by atoms with van der Waals surface area (Å²) in [5.41, 5.74) is 2.43. The molecule has 134 valence electrons. The summed E-state index contributed by atoms with van der Waals surface area (Å²) in [6.07, 6.45) is 1.43. The van der Waals surface area contributed by atoms with Gasteiger partial charge in [-0.15, -0.1) is 0 Å². The molecule has 1 aromatic carbocycles. The molecular formula is C18H19N5O3. The van der Waals surface area contributed by atoms with E-state index in [2.05, 4.69) is 25.3 Å². The molecule has 3 aromatic rings. The predicted molar refractivity (Wildman–Crippen MR) is 96.8 cm³/mol. The Hall–Kier alpha value is -3.29. The number of fused-ring (bicyclic) bond motifs is 1. The molecule has 0 amide bonds. The van der Waals surface area contributed by atoms with E-state index in [-0.39, 0.29) is 0 Å². The molecule has 1 N–H and O–H groups in total. The predicted octanol–water partition coefficient (Wildman–Crippen LogP) is 2.97. The summed E-state index contributed by atoms with van der Waals surface area (Å²) in [6.45, 7) is 5.66. The number of anilines is 2. The van der Waals surface area contributed by atoms with Crippen molar-refractivity contribution >= 4 is 28.8 Å². The molecule has 0 aliphatic carbocycles. The van der Waals surface area contributed by atoms with Gasteiger partial charge in [-0.1, -0.05) is 0 Å². The molecule has 26 heavy (non-hydrogen) atoms. The first kappa shape index (κ1) is 17.5. The van der Waals surface area contributed by atoms with Gasteiger partial charge in [0.1, 0.15) is 5.75 Å². The molecule has 0 saturated heterocycles. The van der Waals surface area contributed by atoms with Crippen LogP contribution in [0.5, 0.6) is 5.75 Å². The second-order valence-electron chi connectivity index (χ2n) is 5.55. The summed E-state index contributed by atoms with van der Waals surface area (Å²) < 4.78 is 10.2. The van der Waals surface area contributed by atoms with E-state index in [1.807, 2.05) is 25.1 Å². The van der Waals surface area contributed by atoms with Gasteiger partial charge in [0.2, 0.25) is 11.9 Å². The number of rotatable bonds is 5. The topological polar surface area (TPSA) is 99.1 Å². The number of nitrogens with one attached hydrogen (secondary N) is 1. The molecule has 0 fully saturated rings. The second kappa shape index (κ2) is 7.30. The summed E-state index contributed by atoms with van der Waals surface area (Å²) >= 11 is 0. The maximum Gasteiger partial charge on any atom is 0.341 e. The number of nitrogens with zero attached hydrogens (tertiary/aromatic N) is 4. The van der Waals surface area contributed by atoms with Crippen molar-refractivity contribution in [2.45, 2.75) is 20.8 Å². The van der Waals surface area contributed by atoms with Crippen LogP contribution in [0.15, 0.2) is 24.4 Å². The summed E-state index contributed by atoms with van der Waals surface area (Å²) in [7, 11) is 1.62. The van der Waals surface area contributed by atoms with Crippen molar-refractivity contribution in [2.75, 3.05) is 19.0 Å². The molecule has 0 radical (unpaired) electrons. The van der Waals surface area contributed by atoms with E-state index in [4.69, 9.17) is 9.47 Å². The lowest BCUT2D eigenvalue weighted by atomic mass is 10.2. The number of methoxy groups -OCH3 is 1. The van der Waals surface area contributed by atoms with Gasteiger partial charge in [-0.2, -0.15) is 0 Å². The highest BCUT2D eigenvalue weighted by Crippen LogP contribution is 2.23. The molecule has 2 aromatic heterocycles. The first-order valence-corrected chi connectivity index (χ1v) is 8.12. The molecule has 0 atom stereocenters. The average molecular weight is 353 g/mol. The van der Waals surface area contributed by atoms with E-state index in [0.29, 0.717) is 29.8 Å². The van der Waals surface area contributed by atoms with Crippen LogP contribution in [0.2, 0.25) is 0 Å². The zero-order chi connectivity index (χ0) is 18.7. The normalized spacial score (nSPS) is 10.6. The molecule has 0 bridgehead atoms. The molecule has 0 unspecified atom stereocenters. The van der Waals surface area contributed by atoms with Crippen LogP contribution < -0.4 is 10.1 Å². The van der Waals surface area contributed by atoms with E-state index in [1.165, 1.54) is 6.20 Å². The van der Waals surface area contributed by atoms with Crippen LogP contribution in [0, 0.1) is 13.8 Å². The van der Waals surface area contributed by atoms with Gasteiger partial charge in [0, 0.05) is 11.6 Å². The Morgan fingerprint density at radius 2 is 1.88 bits per heavy atom. The molecule has 0 spiro atoms. The Balaban J connectivity index is 1.89. The van der Waals surface area contributed by atoms with Crippen molar-refractivity contribution in [3.63, 3.8) is 0 Å². The Morgan fingerprint density at radius 3 is 2.58 bits per heavy atom. The number of carbonyl (C=O) groups is 1. The van der Waals surface area contributed by atoms with Gasteiger partial charge in [0.25, 0.3) is 0 Å². The standard InChI is InChI=1S/C18H19N5O3/c1-5-26-16(24)14-9-19-17(20-11(14)3)23-18-21-10(2)13-8-12(25-4)6-7-15(13)22-18/h6-9H,5H2,1-4H3,(H,19,20,21,22,23). The Bertz CT molecular complexity index is 974. The van der Waals surface area contributed by atoms with Crippen molar-refractivity contribution in [2.24, 2.45) is 0 Å². The van der Waals surface area contributed by atoms with E-state index in [1.54, 1.807) is 21.0 Å². The van der Waals surface area contributed by atoms with Crippen LogP contribution in [0.25, 0.3) is 10.9 Å². The summed E-state index contributed by atoms with van der Waals surface area (Å²) in [4.78, 5) is 29.2. The highest BCUT2D eigenvalue weighted by Gasteiger charge is 2.13. The summed E-state index contributed by atoms with van der Waals surface area (Å²) in [5, 5.41) is 3.88. The molecular weight excluding hydrogens is 334 g/mol. The number of carbonyl (C=O) groups excluding carboxylic acids is 1. The quantitative estimate of drug-likeness (QED) is 0.699. The monoisotopic (exact) mass is 353 g/mol. The van der Waals surface area contributed by atoms with Crippen molar-refractivity contribution in [1.82, 2.24) is 19.9 Å². The first-order valence-electron chi connectivity index (χ1n) is 8.12. The lowest BCUT2D eigenvalue weighted by Crippen LogP contribution is -2.10. The summed E-state index contributed by atoms with van der Waals surface area (Å²) in [6, 6.07) is 5.60. The third-order valence-corrected chi connectivity index (χ3v) is 3.79. The number of hydrogen-bond donors (Lipinski definition) is 1. The largest absolute Gasteiger partial charge is 0.497 e. The Morgan fingerprint density at radius 1 is 1.12 bits per heavy atom. The SMILES string of the molecule is CCOC(=O)c1cnc(Nc2nc(C)c3cc(OC)ccc3n2)nc1C. The number of esters is 1. The van der Waals surface area contributed by atoms with Crippen molar-refractivity contribution < 1.29 is 14.3 Å². The molecule has 3 rings (SSSR count). The van der Waals surface area contributed by atoms with E-state index < -0.39 is 5.97 Å². The fourth-order valence-corrected chi connectivity index (χ4v) is 2.48. The highest BCUT2D eigenvalue weighted by atomic mass is 16.5. The molecule has 8 nitrogen and oxygen atoms in total.